The van der Waals surface area contributed by atoms with E-state index in [-0.39, 0.29) is 6.10 Å². The maximum Gasteiger partial charge on any atom is 0.142 e. The molecule has 0 aromatic heterocycles. The molecule has 2 aliphatic rings. The number of thioether (sulfide) groups is 1. The summed E-state index contributed by atoms with van der Waals surface area (Å²) in [6, 6.07) is 15.2. The second-order valence-corrected chi connectivity index (χ2v) is 11.5. The molecule has 0 spiro atoms. The Bertz CT molecular complexity index is 937. The van der Waals surface area contributed by atoms with Gasteiger partial charge in [0, 0.05) is 31.4 Å². The molecule has 2 aromatic carbocycles. The van der Waals surface area contributed by atoms with Crippen LogP contribution >= 0.6 is 11.8 Å². The average Bonchev–Trinajstić information content (AvgIpc) is 2.92. The number of rotatable bonds is 12. The number of hydrogen-bond donors (Lipinski definition) is 0. The van der Waals surface area contributed by atoms with Gasteiger partial charge >= 0.3 is 0 Å². The highest BCUT2D eigenvalue weighted by atomic mass is 32.2. The lowest BCUT2D eigenvalue weighted by atomic mass is 9.74. The number of hydrogen-bond acceptors (Lipinski definition) is 6. The molecular formula is C30H43NO4S. The molecule has 4 atom stereocenters. The lowest BCUT2D eigenvalue weighted by molar-refractivity contribution is -0.00924. The number of anilines is 1. The van der Waals surface area contributed by atoms with Gasteiger partial charge in [-0.05, 0) is 79.7 Å². The summed E-state index contributed by atoms with van der Waals surface area (Å²) < 4.78 is 23.3. The van der Waals surface area contributed by atoms with E-state index < -0.39 is 0 Å². The molecule has 4 rings (SSSR count). The largest absolute Gasteiger partial charge is 0.497 e. The van der Waals surface area contributed by atoms with Crippen LogP contribution in [0.5, 0.6) is 11.5 Å². The lowest BCUT2D eigenvalue weighted by Gasteiger charge is -2.37. The van der Waals surface area contributed by atoms with Crippen LogP contribution < -0.4 is 14.4 Å². The number of methoxy groups -OCH3 is 2. The standard InChI is InChI=1S/C30H43NO4S/c1-22(36-4)18-23-6-12-29(27(19-23)25-8-10-26(33-3)11-9-25)35-21-24-7-13-30-28(20-24)31(15-17-34-30)14-5-16-32-2/h7-11,13,20,22-23,27,29H,5-6,12,14-19,21H2,1-4H3/t22-,23+,27-,29+/m1/s1. The normalized spacial score (nSPS) is 22.6. The zero-order chi connectivity index (χ0) is 25.3. The molecule has 0 unspecified atom stereocenters. The predicted molar refractivity (Wildman–Crippen MR) is 150 cm³/mol. The van der Waals surface area contributed by atoms with Gasteiger partial charge in [-0.2, -0.15) is 11.8 Å². The third-order valence-corrected chi connectivity index (χ3v) is 8.73. The van der Waals surface area contributed by atoms with Crippen LogP contribution in [0, 0.1) is 5.92 Å². The number of nitrogens with zero attached hydrogens (tertiary/aromatic N) is 1. The average molecular weight is 514 g/mol. The molecule has 36 heavy (non-hydrogen) atoms. The van der Waals surface area contributed by atoms with Crippen molar-refractivity contribution in [3.8, 4) is 11.5 Å². The van der Waals surface area contributed by atoms with E-state index in [4.69, 9.17) is 18.9 Å². The molecule has 0 amide bonds. The molecule has 2 aromatic rings. The van der Waals surface area contributed by atoms with Crippen molar-refractivity contribution in [1.82, 2.24) is 0 Å². The first-order chi connectivity index (χ1) is 17.6. The second-order valence-electron chi connectivity index (χ2n) is 10.2. The van der Waals surface area contributed by atoms with Crippen LogP contribution in [0.3, 0.4) is 0 Å². The molecule has 0 saturated heterocycles. The Morgan fingerprint density at radius 1 is 1.11 bits per heavy atom. The molecule has 1 heterocycles. The maximum atomic E-state index is 6.68. The minimum atomic E-state index is 0.226. The Morgan fingerprint density at radius 3 is 2.69 bits per heavy atom. The summed E-state index contributed by atoms with van der Waals surface area (Å²) in [5.74, 6) is 3.05. The molecule has 0 bridgehead atoms. The molecule has 1 saturated carbocycles. The minimum Gasteiger partial charge on any atom is -0.497 e. The van der Waals surface area contributed by atoms with Gasteiger partial charge in [0.1, 0.15) is 18.1 Å². The predicted octanol–water partition coefficient (Wildman–Crippen LogP) is 6.54. The van der Waals surface area contributed by atoms with E-state index in [0.717, 1.165) is 56.6 Å². The van der Waals surface area contributed by atoms with Gasteiger partial charge in [-0.15, -0.1) is 0 Å². The summed E-state index contributed by atoms with van der Waals surface area (Å²) in [7, 11) is 3.49. The van der Waals surface area contributed by atoms with Gasteiger partial charge in [-0.3, -0.25) is 0 Å². The first-order valence-corrected chi connectivity index (χ1v) is 14.7. The van der Waals surface area contributed by atoms with E-state index in [0.29, 0.717) is 17.8 Å². The summed E-state index contributed by atoms with van der Waals surface area (Å²) in [4.78, 5) is 2.42. The van der Waals surface area contributed by atoms with Crippen LogP contribution in [-0.2, 0) is 16.1 Å². The van der Waals surface area contributed by atoms with Gasteiger partial charge in [-0.1, -0.05) is 25.1 Å². The van der Waals surface area contributed by atoms with Crippen molar-refractivity contribution in [2.45, 2.75) is 62.9 Å². The fraction of sp³-hybridized carbons (Fsp3) is 0.600. The molecule has 1 aliphatic carbocycles. The molecule has 6 heteroatoms. The zero-order valence-electron chi connectivity index (χ0n) is 22.4. The van der Waals surface area contributed by atoms with Gasteiger partial charge in [0.05, 0.1) is 32.1 Å². The quantitative estimate of drug-likeness (QED) is 0.300. The summed E-state index contributed by atoms with van der Waals surface area (Å²) in [5.41, 5.74) is 3.76. The van der Waals surface area contributed by atoms with Gasteiger partial charge in [0.2, 0.25) is 0 Å². The van der Waals surface area contributed by atoms with Crippen molar-refractivity contribution in [2.24, 2.45) is 5.92 Å². The smallest absolute Gasteiger partial charge is 0.142 e. The van der Waals surface area contributed by atoms with Gasteiger partial charge in [0.15, 0.2) is 0 Å². The molecule has 0 radical (unpaired) electrons. The summed E-state index contributed by atoms with van der Waals surface area (Å²) in [6.07, 6.45) is 8.29. The molecular weight excluding hydrogens is 470 g/mol. The highest BCUT2D eigenvalue weighted by Gasteiger charge is 2.33. The van der Waals surface area contributed by atoms with Crippen LogP contribution in [0.25, 0.3) is 0 Å². The first kappa shape index (κ1) is 27.2. The van der Waals surface area contributed by atoms with Crippen molar-refractivity contribution >= 4 is 17.4 Å². The number of benzene rings is 2. The van der Waals surface area contributed by atoms with Gasteiger partial charge in [-0.25, -0.2) is 0 Å². The zero-order valence-corrected chi connectivity index (χ0v) is 23.2. The van der Waals surface area contributed by atoms with Crippen molar-refractivity contribution < 1.29 is 18.9 Å². The van der Waals surface area contributed by atoms with Crippen LogP contribution in [0.15, 0.2) is 42.5 Å². The fourth-order valence-electron chi connectivity index (χ4n) is 5.65. The van der Waals surface area contributed by atoms with Gasteiger partial charge in [0.25, 0.3) is 0 Å². The monoisotopic (exact) mass is 513 g/mol. The topological polar surface area (TPSA) is 40.2 Å². The Hall–Kier alpha value is -1.89. The van der Waals surface area contributed by atoms with Crippen molar-refractivity contribution in [3.05, 3.63) is 53.6 Å². The molecule has 5 nitrogen and oxygen atoms in total. The minimum absolute atomic E-state index is 0.226. The Balaban J connectivity index is 1.45. The summed E-state index contributed by atoms with van der Waals surface area (Å²) in [6.45, 7) is 6.39. The van der Waals surface area contributed by atoms with Crippen LogP contribution in [-0.4, -0.2) is 58.1 Å². The van der Waals surface area contributed by atoms with Crippen LogP contribution in [0.1, 0.15) is 56.1 Å². The van der Waals surface area contributed by atoms with E-state index in [1.807, 2.05) is 11.8 Å². The Labute approximate surface area is 221 Å². The van der Waals surface area contributed by atoms with Gasteiger partial charge < -0.3 is 23.8 Å². The number of ether oxygens (including phenoxy) is 4. The van der Waals surface area contributed by atoms with E-state index in [9.17, 15) is 0 Å². The van der Waals surface area contributed by atoms with Crippen molar-refractivity contribution in [1.29, 1.82) is 0 Å². The molecule has 1 fully saturated rings. The van der Waals surface area contributed by atoms with Crippen molar-refractivity contribution in [3.63, 3.8) is 0 Å². The Morgan fingerprint density at radius 2 is 1.94 bits per heavy atom. The highest BCUT2D eigenvalue weighted by Crippen LogP contribution is 2.42. The third kappa shape index (κ3) is 7.11. The van der Waals surface area contributed by atoms with Crippen molar-refractivity contribution in [2.75, 3.05) is 51.7 Å². The van der Waals surface area contributed by atoms with E-state index in [1.54, 1.807) is 14.2 Å². The summed E-state index contributed by atoms with van der Waals surface area (Å²) in [5, 5.41) is 0.702. The molecule has 1 aliphatic heterocycles. The SMILES string of the molecule is COCCCN1CCOc2ccc(CO[C@H]3CC[C@@H](C[C@@H](C)SC)C[C@@H]3c3ccc(OC)cc3)cc21. The van der Waals surface area contributed by atoms with Crippen LogP contribution in [0.4, 0.5) is 5.69 Å². The van der Waals surface area contributed by atoms with Crippen LogP contribution in [0.2, 0.25) is 0 Å². The summed E-state index contributed by atoms with van der Waals surface area (Å²) >= 11 is 1.98. The van der Waals surface area contributed by atoms with E-state index >= 15 is 0 Å². The highest BCUT2D eigenvalue weighted by molar-refractivity contribution is 7.99. The third-order valence-electron chi connectivity index (χ3n) is 7.73. The molecule has 198 valence electrons. The van der Waals surface area contributed by atoms with E-state index in [2.05, 4.69) is 60.5 Å². The fourth-order valence-corrected chi connectivity index (χ4v) is 6.12. The Kier molecular flexibility index (Phi) is 10.3. The second kappa shape index (κ2) is 13.6. The maximum absolute atomic E-state index is 6.68. The lowest BCUT2D eigenvalue weighted by Crippen LogP contribution is -2.34. The van der Waals surface area contributed by atoms with E-state index in [1.165, 1.54) is 36.1 Å². The molecule has 0 N–H and O–H groups in total. The number of fused-ring (bicyclic) bond motifs is 1. The first-order valence-electron chi connectivity index (χ1n) is 13.4.